The van der Waals surface area contributed by atoms with Crippen molar-refractivity contribution in [3.63, 3.8) is 0 Å². The van der Waals surface area contributed by atoms with E-state index in [1.165, 1.54) is 51.4 Å². The highest BCUT2D eigenvalue weighted by atomic mass is 32.5. The van der Waals surface area contributed by atoms with Crippen LogP contribution in [0.2, 0.25) is 0 Å². The van der Waals surface area contributed by atoms with Crippen LogP contribution in [0, 0.1) is 0 Å². The number of amides is 1. The van der Waals surface area contributed by atoms with Crippen molar-refractivity contribution in [3.05, 3.63) is 0 Å². The highest BCUT2D eigenvalue weighted by molar-refractivity contribution is 8.06. The van der Waals surface area contributed by atoms with Gasteiger partial charge in [0.15, 0.2) is 0 Å². The molecule has 2 unspecified atom stereocenters. The van der Waals surface area contributed by atoms with Crippen LogP contribution < -0.4 is 11.1 Å². The van der Waals surface area contributed by atoms with Crippen molar-refractivity contribution >= 4 is 24.4 Å². The van der Waals surface area contributed by atoms with Gasteiger partial charge in [-0.3, -0.25) is 14.6 Å². The van der Waals surface area contributed by atoms with Gasteiger partial charge in [0, 0.05) is 6.42 Å². The van der Waals surface area contributed by atoms with E-state index >= 15 is 0 Å². The number of unbranched alkanes of at least 4 members (excludes halogenated alkanes) is 12. The molecular formula is C19H41N2O6PS. The number of hydrogen-bond acceptors (Lipinski definition) is 6. The lowest BCUT2D eigenvalue weighted by Crippen LogP contribution is -2.43. The van der Waals surface area contributed by atoms with Crippen molar-refractivity contribution in [1.29, 1.82) is 0 Å². The minimum atomic E-state index is -3.90. The van der Waals surface area contributed by atoms with Gasteiger partial charge in [-0.15, -0.1) is 0 Å². The lowest BCUT2D eigenvalue weighted by Gasteiger charge is -2.24. The van der Waals surface area contributed by atoms with E-state index < -0.39 is 25.7 Å². The second-order valence-corrected chi connectivity index (χ2v) is 10.2. The molecule has 8 nitrogen and oxygen atoms in total. The topological polar surface area (TPSA) is 145 Å². The molecule has 0 saturated heterocycles. The fourth-order valence-corrected chi connectivity index (χ4v) is 3.89. The molecule has 0 aromatic rings. The quantitative estimate of drug-likeness (QED) is 0.0877. The third kappa shape index (κ3) is 20.9. The molecule has 2 atom stereocenters. The molecule has 0 aromatic carbocycles. The van der Waals surface area contributed by atoms with E-state index in [9.17, 15) is 19.7 Å². The van der Waals surface area contributed by atoms with Gasteiger partial charge in [0.05, 0.1) is 6.61 Å². The molecule has 0 heterocycles. The van der Waals surface area contributed by atoms with E-state index in [4.69, 9.17) is 15.4 Å². The molecule has 0 rings (SSSR count). The minimum absolute atomic E-state index is 0.201. The van der Waals surface area contributed by atoms with E-state index in [0.29, 0.717) is 13.0 Å². The Morgan fingerprint density at radius 2 is 1.31 bits per heavy atom. The molecule has 0 aliphatic heterocycles. The van der Waals surface area contributed by atoms with Crippen LogP contribution in [0.3, 0.4) is 0 Å². The molecule has 0 aromatic heterocycles. The predicted molar refractivity (Wildman–Crippen MR) is 119 cm³/mol. The van der Waals surface area contributed by atoms with Crippen LogP contribution in [0.1, 0.15) is 89.9 Å². The summed E-state index contributed by atoms with van der Waals surface area (Å²) in [5.74, 6) is -0.201. The van der Waals surface area contributed by atoms with Gasteiger partial charge in [-0.2, -0.15) is 0 Å². The first-order valence-electron chi connectivity index (χ1n) is 10.8. The average Bonchev–Trinajstić information content (AvgIpc) is 2.64. The number of hydrogen-bond donors (Lipinski definition) is 6. The number of nitrogens with one attached hydrogen (secondary N) is 1. The Kier molecular flexibility index (Phi) is 18.6. The lowest BCUT2D eigenvalue weighted by atomic mass is 10.0. The van der Waals surface area contributed by atoms with Gasteiger partial charge in [0.1, 0.15) is 12.3 Å². The van der Waals surface area contributed by atoms with E-state index in [2.05, 4.69) is 17.1 Å². The molecule has 0 saturated carbocycles. The van der Waals surface area contributed by atoms with Crippen molar-refractivity contribution in [3.8, 4) is 0 Å². The van der Waals surface area contributed by atoms with Crippen LogP contribution in [-0.4, -0.2) is 51.4 Å². The predicted octanol–water partition coefficient (Wildman–Crippen LogP) is 2.43. The van der Waals surface area contributed by atoms with Gasteiger partial charge in [-0.1, -0.05) is 70.6 Å². The van der Waals surface area contributed by atoms with E-state index in [0.717, 1.165) is 32.1 Å². The first-order valence-corrected chi connectivity index (χ1v) is 13.4. The zero-order valence-corrected chi connectivity index (χ0v) is 19.2. The Morgan fingerprint density at radius 1 is 0.897 bits per heavy atom. The number of nitrogens with two attached hydrogens (primary N) is 1. The second kappa shape index (κ2) is 18.6. The highest BCUT2D eigenvalue weighted by Crippen LogP contribution is 2.38. The Balaban J connectivity index is 3.44. The average molecular weight is 457 g/mol. The number of rotatable bonds is 21. The maximum Gasteiger partial charge on any atom is 0.323 e. The SMILES string of the molecule is NC(=O)CCCCCCCCCCCCCCCNC(OP(O)(O)=S)C(O)CO. The van der Waals surface area contributed by atoms with E-state index in [1.807, 2.05) is 0 Å². The zero-order chi connectivity index (χ0) is 22.0. The van der Waals surface area contributed by atoms with Crippen molar-refractivity contribution in [1.82, 2.24) is 5.32 Å². The maximum absolute atomic E-state index is 10.6. The molecule has 1 amide bonds. The van der Waals surface area contributed by atoms with Gasteiger partial charge in [0.2, 0.25) is 5.91 Å². The van der Waals surface area contributed by atoms with Gasteiger partial charge >= 0.3 is 6.72 Å². The summed E-state index contributed by atoms with van der Waals surface area (Å²) in [5, 5.41) is 21.4. The number of primary amides is 1. The summed E-state index contributed by atoms with van der Waals surface area (Å²) in [6.07, 6.45) is 13.2. The Morgan fingerprint density at radius 3 is 1.69 bits per heavy atom. The van der Waals surface area contributed by atoms with Crippen molar-refractivity contribution in [2.24, 2.45) is 5.73 Å². The summed E-state index contributed by atoms with van der Waals surface area (Å²) in [6, 6.07) is 0. The van der Waals surface area contributed by atoms with Crippen LogP contribution >= 0.6 is 6.72 Å². The first-order chi connectivity index (χ1) is 13.8. The van der Waals surface area contributed by atoms with E-state index in [-0.39, 0.29) is 5.91 Å². The number of carbonyl (C=O) groups excluding carboxylic acids is 1. The largest absolute Gasteiger partial charge is 0.394 e. The summed E-state index contributed by atoms with van der Waals surface area (Å²) < 4.78 is 4.82. The molecule has 0 fully saturated rings. The monoisotopic (exact) mass is 456 g/mol. The maximum atomic E-state index is 10.6. The standard InChI is InChI=1S/C19H41N2O6PS/c20-18(24)14-12-10-8-6-4-2-1-3-5-7-9-11-13-15-21-19(17(23)16-22)27-28(25,26)29/h17,19,21-23H,1-16H2,(H2,20,24)(H2,25,26,29). The summed E-state index contributed by atoms with van der Waals surface area (Å²) in [7, 11) is 0. The number of carbonyl (C=O) groups is 1. The third-order valence-corrected chi connectivity index (χ3v) is 5.49. The lowest BCUT2D eigenvalue weighted by molar-refractivity contribution is -0.118. The number of aliphatic hydroxyl groups is 2. The smallest absolute Gasteiger partial charge is 0.323 e. The molecule has 0 spiro atoms. The molecule has 0 bridgehead atoms. The molecule has 0 aliphatic rings. The van der Waals surface area contributed by atoms with Crippen molar-refractivity contribution < 1.29 is 29.3 Å². The van der Waals surface area contributed by atoms with Crippen LogP contribution in [0.5, 0.6) is 0 Å². The molecule has 10 heteroatoms. The minimum Gasteiger partial charge on any atom is -0.394 e. The summed E-state index contributed by atoms with van der Waals surface area (Å²) in [6.45, 7) is -3.91. The Hall–Kier alpha value is -0.120. The van der Waals surface area contributed by atoms with Crippen LogP contribution in [0.25, 0.3) is 0 Å². The summed E-state index contributed by atoms with van der Waals surface area (Å²) in [4.78, 5) is 29.0. The van der Waals surface area contributed by atoms with Crippen molar-refractivity contribution in [2.75, 3.05) is 13.2 Å². The molecule has 174 valence electrons. The molecule has 0 radical (unpaired) electrons. The van der Waals surface area contributed by atoms with Crippen LogP contribution in [0.4, 0.5) is 0 Å². The summed E-state index contributed by atoms with van der Waals surface area (Å²) in [5.41, 5.74) is 5.11. The zero-order valence-electron chi connectivity index (χ0n) is 17.5. The van der Waals surface area contributed by atoms with E-state index in [1.54, 1.807) is 0 Å². The van der Waals surface area contributed by atoms with Crippen molar-refractivity contribution in [2.45, 2.75) is 102 Å². The first kappa shape index (κ1) is 28.9. The van der Waals surface area contributed by atoms with Gasteiger partial charge in [-0.05, 0) is 31.2 Å². The van der Waals surface area contributed by atoms with Gasteiger partial charge < -0.3 is 25.7 Å². The molecular weight excluding hydrogens is 415 g/mol. The Bertz CT molecular complexity index is 452. The number of aliphatic hydroxyl groups excluding tert-OH is 2. The Labute approximate surface area is 180 Å². The van der Waals surface area contributed by atoms with Gasteiger partial charge in [0.25, 0.3) is 0 Å². The molecule has 0 aliphatic carbocycles. The molecule has 29 heavy (non-hydrogen) atoms. The normalized spacial score (nSPS) is 14.1. The molecule has 7 N–H and O–H groups in total. The van der Waals surface area contributed by atoms with Crippen LogP contribution in [-0.2, 0) is 21.1 Å². The highest BCUT2D eigenvalue weighted by Gasteiger charge is 2.24. The van der Waals surface area contributed by atoms with Gasteiger partial charge in [-0.25, -0.2) is 0 Å². The summed E-state index contributed by atoms with van der Waals surface area (Å²) >= 11 is 4.40. The fraction of sp³-hybridized carbons (Fsp3) is 0.947. The third-order valence-electron chi connectivity index (χ3n) is 4.73. The fourth-order valence-electron chi connectivity index (χ4n) is 3.10. The van der Waals surface area contributed by atoms with Crippen LogP contribution in [0.15, 0.2) is 0 Å². The second-order valence-electron chi connectivity index (χ2n) is 7.53.